The first kappa shape index (κ1) is 22.3. The lowest BCUT2D eigenvalue weighted by Gasteiger charge is -2.27. The fourth-order valence-electron chi connectivity index (χ4n) is 4.01. The molecule has 2 aliphatic heterocycles. The predicted octanol–water partition coefficient (Wildman–Crippen LogP) is 4.67. The Hall–Kier alpha value is -2.46. The molecule has 2 amide bonds. The summed E-state index contributed by atoms with van der Waals surface area (Å²) in [6, 6.07) is 15.4. The van der Waals surface area contributed by atoms with Crippen LogP contribution in [-0.4, -0.2) is 51.9 Å². The second-order valence-corrected chi connectivity index (χ2v) is 10.3. The quantitative estimate of drug-likeness (QED) is 0.355. The van der Waals surface area contributed by atoms with Crippen molar-refractivity contribution in [3.63, 3.8) is 0 Å². The highest BCUT2D eigenvalue weighted by Gasteiger charge is 2.33. The Morgan fingerprint density at radius 3 is 2.67 bits per heavy atom. The highest BCUT2D eigenvalue weighted by molar-refractivity contribution is 9.10. The van der Waals surface area contributed by atoms with Crippen molar-refractivity contribution in [1.82, 2.24) is 9.47 Å². The monoisotopic (exact) mass is 541 g/mol. The molecule has 2 aliphatic rings. The van der Waals surface area contributed by atoms with Gasteiger partial charge in [-0.2, -0.15) is 0 Å². The number of thiocarbonyl (C=S) groups is 1. The van der Waals surface area contributed by atoms with E-state index in [-0.39, 0.29) is 18.4 Å². The predicted molar refractivity (Wildman–Crippen MR) is 139 cm³/mol. The molecule has 3 aromatic rings. The number of hydrogen-bond donors (Lipinski definition) is 0. The lowest BCUT2D eigenvalue weighted by molar-refractivity contribution is -0.135. The van der Waals surface area contributed by atoms with Gasteiger partial charge in [-0.05, 0) is 36.4 Å². The summed E-state index contributed by atoms with van der Waals surface area (Å²) < 4.78 is 8.74. The van der Waals surface area contributed by atoms with E-state index >= 15 is 0 Å². The smallest absolute Gasteiger partial charge is 0.270 e. The van der Waals surface area contributed by atoms with Gasteiger partial charge in [0.05, 0.1) is 23.8 Å². The SMILES string of the molecule is O=C(Cn1cc(/C=C2\SC(=S)N(c3ccccc3)C2=O)c2cc(Br)ccc21)N1CCOCC1. The molecule has 2 fully saturated rings. The number of nitrogens with zero attached hydrogens (tertiary/aromatic N) is 3. The Bertz CT molecular complexity index is 1280. The molecule has 168 valence electrons. The van der Waals surface area contributed by atoms with Crippen LogP contribution < -0.4 is 4.90 Å². The first-order valence-electron chi connectivity index (χ1n) is 10.5. The van der Waals surface area contributed by atoms with E-state index in [2.05, 4.69) is 15.9 Å². The van der Waals surface area contributed by atoms with Crippen LogP contribution in [0.4, 0.5) is 5.69 Å². The molecule has 2 aromatic carbocycles. The maximum Gasteiger partial charge on any atom is 0.270 e. The Morgan fingerprint density at radius 1 is 1.15 bits per heavy atom. The average Bonchev–Trinajstić information content (AvgIpc) is 3.30. The third-order valence-corrected chi connectivity index (χ3v) is 7.43. The first-order valence-corrected chi connectivity index (χ1v) is 12.5. The minimum Gasteiger partial charge on any atom is -0.378 e. The summed E-state index contributed by atoms with van der Waals surface area (Å²) in [5.74, 6) is -0.0865. The first-order chi connectivity index (χ1) is 16.0. The van der Waals surface area contributed by atoms with Gasteiger partial charge in [0.2, 0.25) is 5.91 Å². The van der Waals surface area contributed by atoms with Gasteiger partial charge < -0.3 is 14.2 Å². The summed E-state index contributed by atoms with van der Waals surface area (Å²) >= 11 is 10.3. The summed E-state index contributed by atoms with van der Waals surface area (Å²) in [5, 5.41) is 0.962. The number of carbonyl (C=O) groups is 2. The van der Waals surface area contributed by atoms with Crippen LogP contribution >= 0.6 is 39.9 Å². The summed E-state index contributed by atoms with van der Waals surface area (Å²) in [6.45, 7) is 2.59. The van der Waals surface area contributed by atoms with Gasteiger partial charge >= 0.3 is 0 Å². The summed E-state index contributed by atoms with van der Waals surface area (Å²) in [4.78, 5) is 30.0. The van der Waals surface area contributed by atoms with Crippen LogP contribution in [0.15, 0.2) is 64.1 Å². The van der Waals surface area contributed by atoms with Crippen LogP contribution in [0.3, 0.4) is 0 Å². The highest BCUT2D eigenvalue weighted by Crippen LogP contribution is 2.37. The fraction of sp³-hybridized carbons (Fsp3) is 0.208. The molecule has 9 heteroatoms. The van der Waals surface area contributed by atoms with E-state index in [1.165, 1.54) is 11.8 Å². The molecule has 0 unspecified atom stereocenters. The van der Waals surface area contributed by atoms with E-state index in [1.54, 1.807) is 4.90 Å². The maximum absolute atomic E-state index is 13.2. The van der Waals surface area contributed by atoms with Gasteiger partial charge in [-0.1, -0.05) is 58.1 Å². The average molecular weight is 542 g/mol. The molecule has 0 N–H and O–H groups in total. The molecular formula is C24H20BrN3O3S2. The number of ether oxygens (including phenoxy) is 1. The van der Waals surface area contributed by atoms with Crippen LogP contribution in [0.25, 0.3) is 17.0 Å². The topological polar surface area (TPSA) is 54.8 Å². The Morgan fingerprint density at radius 2 is 1.91 bits per heavy atom. The number of para-hydroxylation sites is 1. The van der Waals surface area contributed by atoms with Gasteiger partial charge in [-0.25, -0.2) is 0 Å². The van der Waals surface area contributed by atoms with Crippen molar-refractivity contribution in [1.29, 1.82) is 0 Å². The minimum absolute atomic E-state index is 0.0556. The summed E-state index contributed by atoms with van der Waals surface area (Å²) in [5.41, 5.74) is 2.56. The third-order valence-electron chi connectivity index (χ3n) is 5.64. The van der Waals surface area contributed by atoms with E-state index in [0.29, 0.717) is 35.5 Å². The van der Waals surface area contributed by atoms with Crippen LogP contribution in [0.5, 0.6) is 0 Å². The molecule has 1 aromatic heterocycles. The lowest BCUT2D eigenvalue weighted by Crippen LogP contribution is -2.42. The van der Waals surface area contributed by atoms with Crippen LogP contribution in [-0.2, 0) is 20.9 Å². The molecule has 0 saturated carbocycles. The molecule has 0 aliphatic carbocycles. The Balaban J connectivity index is 1.49. The van der Waals surface area contributed by atoms with Crippen molar-refractivity contribution in [2.75, 3.05) is 31.2 Å². The molecule has 5 rings (SSSR count). The number of thioether (sulfide) groups is 1. The van der Waals surface area contributed by atoms with Crippen LogP contribution in [0.2, 0.25) is 0 Å². The van der Waals surface area contributed by atoms with Gasteiger partial charge in [0.25, 0.3) is 5.91 Å². The van der Waals surface area contributed by atoms with E-state index in [9.17, 15) is 9.59 Å². The van der Waals surface area contributed by atoms with Crippen LogP contribution in [0, 0.1) is 0 Å². The summed E-state index contributed by atoms with van der Waals surface area (Å²) in [7, 11) is 0. The Kier molecular flexibility index (Phi) is 6.38. The number of halogens is 1. The second kappa shape index (κ2) is 9.42. The standard InChI is InChI=1S/C24H20BrN3O3S2/c25-17-6-7-20-19(13-17)16(14-27(20)15-22(29)26-8-10-31-11-9-26)12-21-23(30)28(24(32)33-21)18-4-2-1-3-5-18/h1-7,12-14H,8-11,15H2/b21-12-. The highest BCUT2D eigenvalue weighted by atomic mass is 79.9. The minimum atomic E-state index is -0.142. The normalized spacial score (nSPS) is 18.0. The van der Waals surface area contributed by atoms with Gasteiger partial charge in [0, 0.05) is 40.2 Å². The zero-order valence-corrected chi connectivity index (χ0v) is 20.8. The van der Waals surface area contributed by atoms with Gasteiger partial charge in [0.15, 0.2) is 4.32 Å². The number of carbonyl (C=O) groups excluding carboxylic acids is 2. The van der Waals surface area contributed by atoms with Crippen molar-refractivity contribution in [3.05, 3.63) is 69.7 Å². The number of fused-ring (bicyclic) bond motifs is 1. The van der Waals surface area contributed by atoms with E-state index in [1.807, 2.05) is 70.3 Å². The van der Waals surface area contributed by atoms with Crippen molar-refractivity contribution < 1.29 is 14.3 Å². The number of benzene rings is 2. The van der Waals surface area contributed by atoms with Crippen LogP contribution in [0.1, 0.15) is 5.56 Å². The number of hydrogen-bond acceptors (Lipinski definition) is 5. The molecule has 0 atom stereocenters. The number of rotatable bonds is 4. The zero-order chi connectivity index (χ0) is 22.9. The zero-order valence-electron chi connectivity index (χ0n) is 17.6. The van der Waals surface area contributed by atoms with Crippen molar-refractivity contribution in [3.8, 4) is 0 Å². The molecule has 2 saturated heterocycles. The third kappa shape index (κ3) is 4.50. The van der Waals surface area contributed by atoms with E-state index in [0.717, 1.165) is 26.6 Å². The molecule has 33 heavy (non-hydrogen) atoms. The lowest BCUT2D eigenvalue weighted by atomic mass is 10.1. The molecule has 3 heterocycles. The molecule has 6 nitrogen and oxygen atoms in total. The Labute approximate surface area is 209 Å². The van der Waals surface area contributed by atoms with Gasteiger partial charge in [-0.3, -0.25) is 14.5 Å². The maximum atomic E-state index is 13.2. The molecule has 0 radical (unpaired) electrons. The number of aromatic nitrogens is 1. The molecule has 0 bridgehead atoms. The van der Waals surface area contributed by atoms with E-state index < -0.39 is 0 Å². The van der Waals surface area contributed by atoms with Gasteiger partial charge in [-0.15, -0.1) is 0 Å². The van der Waals surface area contributed by atoms with Gasteiger partial charge in [0.1, 0.15) is 6.54 Å². The van der Waals surface area contributed by atoms with Crippen molar-refractivity contribution in [2.24, 2.45) is 0 Å². The molecule has 0 spiro atoms. The van der Waals surface area contributed by atoms with Crippen molar-refractivity contribution in [2.45, 2.75) is 6.54 Å². The fourth-order valence-corrected chi connectivity index (χ4v) is 5.66. The largest absolute Gasteiger partial charge is 0.378 e. The number of morpholine rings is 1. The summed E-state index contributed by atoms with van der Waals surface area (Å²) in [6.07, 6.45) is 3.80. The van der Waals surface area contributed by atoms with Crippen molar-refractivity contribution >= 4 is 78.7 Å². The second-order valence-electron chi connectivity index (χ2n) is 7.72. The number of amides is 2. The number of anilines is 1. The molecular weight excluding hydrogens is 522 g/mol. The van der Waals surface area contributed by atoms with E-state index in [4.69, 9.17) is 17.0 Å².